The third-order valence-electron chi connectivity index (χ3n) is 6.96. The molecule has 178 valence electrons. The van der Waals surface area contributed by atoms with Gasteiger partial charge in [-0.2, -0.15) is 0 Å². The molecule has 0 atom stereocenters. The summed E-state index contributed by atoms with van der Waals surface area (Å²) >= 11 is 0. The molecule has 0 radical (unpaired) electrons. The fourth-order valence-electron chi connectivity index (χ4n) is 5.13. The lowest BCUT2D eigenvalue weighted by Crippen LogP contribution is -2.47. The van der Waals surface area contributed by atoms with Gasteiger partial charge in [-0.3, -0.25) is 14.6 Å². The van der Waals surface area contributed by atoms with E-state index in [1.807, 2.05) is 19.1 Å². The van der Waals surface area contributed by atoms with E-state index in [0.29, 0.717) is 23.0 Å². The Bertz CT molecular complexity index is 1350. The normalized spacial score (nSPS) is 15.0. The molecule has 2 N–H and O–H groups in total. The van der Waals surface area contributed by atoms with Gasteiger partial charge in [-0.25, -0.2) is 4.79 Å². The predicted octanol–water partition coefficient (Wildman–Crippen LogP) is 4.44. The number of rotatable bonds is 6. The van der Waals surface area contributed by atoms with Crippen LogP contribution in [0, 0.1) is 6.92 Å². The number of aromatic amines is 1. The highest BCUT2D eigenvalue weighted by molar-refractivity contribution is 6.01. The monoisotopic (exact) mass is 467 g/mol. The van der Waals surface area contributed by atoms with Gasteiger partial charge in [-0.15, -0.1) is 0 Å². The van der Waals surface area contributed by atoms with Crippen LogP contribution in [0.1, 0.15) is 38.8 Å². The zero-order valence-electron chi connectivity index (χ0n) is 19.8. The molecule has 3 aromatic carbocycles. The molecule has 0 bridgehead atoms. The van der Waals surface area contributed by atoms with Gasteiger partial charge in [0.05, 0.1) is 17.1 Å². The van der Waals surface area contributed by atoms with Crippen LogP contribution in [0.5, 0.6) is 0 Å². The Labute approximate surface area is 204 Å². The van der Waals surface area contributed by atoms with Gasteiger partial charge in [0.15, 0.2) is 5.43 Å². The first kappa shape index (κ1) is 23.0. The highest BCUT2D eigenvalue weighted by Gasteiger charge is 2.27. The molecule has 6 heteroatoms. The summed E-state index contributed by atoms with van der Waals surface area (Å²) in [7, 11) is 0. The van der Waals surface area contributed by atoms with Crippen LogP contribution in [0.3, 0.4) is 0 Å². The van der Waals surface area contributed by atoms with E-state index in [1.165, 1.54) is 17.2 Å². The molecule has 6 nitrogen and oxygen atoms in total. The second-order valence-electron chi connectivity index (χ2n) is 9.13. The molecule has 0 amide bonds. The van der Waals surface area contributed by atoms with Gasteiger partial charge < -0.3 is 10.1 Å². The highest BCUT2D eigenvalue weighted by atomic mass is 16.4. The lowest BCUT2D eigenvalue weighted by atomic mass is 9.96. The van der Waals surface area contributed by atoms with E-state index in [2.05, 4.69) is 63.3 Å². The van der Waals surface area contributed by atoms with E-state index in [4.69, 9.17) is 0 Å². The number of para-hydroxylation sites is 1. The van der Waals surface area contributed by atoms with E-state index in [-0.39, 0.29) is 17.0 Å². The molecule has 0 unspecified atom stereocenters. The summed E-state index contributed by atoms with van der Waals surface area (Å²) < 4.78 is 0. The zero-order chi connectivity index (χ0) is 24.4. The lowest BCUT2D eigenvalue weighted by molar-refractivity contribution is 0.0699. The van der Waals surface area contributed by atoms with Crippen molar-refractivity contribution in [2.75, 3.05) is 26.2 Å². The summed E-state index contributed by atoms with van der Waals surface area (Å²) in [5.41, 5.74) is 4.42. The van der Waals surface area contributed by atoms with Gasteiger partial charge in [-0.05, 0) is 30.2 Å². The first-order valence-electron chi connectivity index (χ1n) is 12.0. The van der Waals surface area contributed by atoms with Gasteiger partial charge >= 0.3 is 5.97 Å². The smallest absolute Gasteiger partial charge is 0.337 e. The molecule has 0 spiro atoms. The van der Waals surface area contributed by atoms with Crippen LogP contribution in [0.4, 0.5) is 0 Å². The average molecular weight is 468 g/mol. The zero-order valence-corrected chi connectivity index (χ0v) is 19.8. The lowest BCUT2D eigenvalue weighted by Gasteiger charge is -2.40. The minimum absolute atomic E-state index is 0.0896. The number of carbonyl (C=O) groups is 1. The number of aryl methyl sites for hydroxylation is 1. The van der Waals surface area contributed by atoms with Crippen LogP contribution < -0.4 is 5.43 Å². The van der Waals surface area contributed by atoms with Crippen molar-refractivity contribution in [2.45, 2.75) is 19.5 Å². The number of aromatic nitrogens is 1. The maximum absolute atomic E-state index is 13.3. The van der Waals surface area contributed by atoms with Crippen LogP contribution in [0.25, 0.3) is 10.9 Å². The van der Waals surface area contributed by atoms with Gasteiger partial charge in [0.2, 0.25) is 0 Å². The van der Waals surface area contributed by atoms with Crippen LogP contribution in [-0.2, 0) is 6.54 Å². The third-order valence-corrected chi connectivity index (χ3v) is 6.96. The molecule has 4 aromatic rings. The van der Waals surface area contributed by atoms with Crippen LogP contribution >= 0.6 is 0 Å². The van der Waals surface area contributed by atoms with Gasteiger partial charge in [-0.1, -0.05) is 66.7 Å². The van der Waals surface area contributed by atoms with Crippen molar-refractivity contribution in [3.63, 3.8) is 0 Å². The Hall–Kier alpha value is -3.74. The minimum Gasteiger partial charge on any atom is -0.478 e. The number of benzene rings is 3. The van der Waals surface area contributed by atoms with Crippen molar-refractivity contribution in [2.24, 2.45) is 0 Å². The SMILES string of the molecule is Cc1[nH]c2c(C(=O)O)cccc2c(=O)c1CN1CCN(C(c2ccccc2)c2ccccc2)CC1. The number of hydrogen-bond donors (Lipinski definition) is 2. The van der Waals surface area contributed by atoms with E-state index >= 15 is 0 Å². The molecule has 0 saturated carbocycles. The maximum Gasteiger partial charge on any atom is 0.337 e. The largest absolute Gasteiger partial charge is 0.478 e. The standard InChI is InChI=1S/C29H29N3O3/c1-20-25(28(33)23-13-8-14-24(29(34)35)26(23)30-20)19-31-15-17-32(18-16-31)27(21-9-4-2-5-10-21)22-11-6-3-7-12-22/h2-14,27H,15-19H2,1H3,(H,30,33)(H,34,35). The Morgan fingerprint density at radius 1 is 0.886 bits per heavy atom. The van der Waals surface area contributed by atoms with Gasteiger partial charge in [0, 0.05) is 49.4 Å². The second-order valence-corrected chi connectivity index (χ2v) is 9.13. The van der Waals surface area contributed by atoms with E-state index in [1.54, 1.807) is 12.1 Å². The van der Waals surface area contributed by atoms with Crippen molar-refractivity contribution in [1.82, 2.24) is 14.8 Å². The topological polar surface area (TPSA) is 76.6 Å². The molecule has 1 aliphatic heterocycles. The minimum atomic E-state index is -1.04. The Balaban J connectivity index is 1.36. The van der Waals surface area contributed by atoms with Crippen molar-refractivity contribution >= 4 is 16.9 Å². The molecule has 1 fully saturated rings. The van der Waals surface area contributed by atoms with E-state index < -0.39 is 5.97 Å². The molecular weight excluding hydrogens is 438 g/mol. The van der Waals surface area contributed by atoms with Crippen molar-refractivity contribution in [3.05, 3.63) is 117 Å². The predicted molar refractivity (Wildman–Crippen MR) is 138 cm³/mol. The molecule has 0 aliphatic carbocycles. The molecule has 1 saturated heterocycles. The second kappa shape index (κ2) is 9.86. The summed E-state index contributed by atoms with van der Waals surface area (Å²) in [6.07, 6.45) is 0. The fourth-order valence-corrected chi connectivity index (χ4v) is 5.13. The number of carboxylic acids is 1. The number of nitrogens with one attached hydrogen (secondary N) is 1. The number of piperazine rings is 1. The fraction of sp³-hybridized carbons (Fsp3) is 0.241. The Morgan fingerprint density at radius 2 is 1.49 bits per heavy atom. The number of fused-ring (bicyclic) bond motifs is 1. The Kier molecular flexibility index (Phi) is 6.49. The van der Waals surface area contributed by atoms with Crippen LogP contribution in [-0.4, -0.2) is 52.0 Å². The van der Waals surface area contributed by atoms with Crippen molar-refractivity contribution < 1.29 is 9.90 Å². The quantitative estimate of drug-likeness (QED) is 0.438. The molecular formula is C29H29N3O3. The molecule has 2 heterocycles. The Morgan fingerprint density at radius 3 is 2.06 bits per heavy atom. The average Bonchev–Trinajstić information content (AvgIpc) is 2.88. The van der Waals surface area contributed by atoms with Crippen molar-refractivity contribution in [1.29, 1.82) is 0 Å². The highest BCUT2D eigenvalue weighted by Crippen LogP contribution is 2.29. The summed E-state index contributed by atoms with van der Waals surface area (Å²) in [6.45, 7) is 5.88. The first-order chi connectivity index (χ1) is 17.0. The van der Waals surface area contributed by atoms with E-state index in [0.717, 1.165) is 31.9 Å². The molecule has 5 rings (SSSR count). The molecule has 1 aliphatic rings. The van der Waals surface area contributed by atoms with Crippen LogP contribution in [0.2, 0.25) is 0 Å². The van der Waals surface area contributed by atoms with Gasteiger partial charge in [0.25, 0.3) is 0 Å². The number of aromatic carboxylic acids is 1. The van der Waals surface area contributed by atoms with Crippen LogP contribution in [0.15, 0.2) is 83.7 Å². The summed E-state index contributed by atoms with van der Waals surface area (Å²) in [4.78, 5) is 32.9. The molecule has 35 heavy (non-hydrogen) atoms. The summed E-state index contributed by atoms with van der Waals surface area (Å²) in [6, 6.07) is 26.3. The number of pyridine rings is 1. The third kappa shape index (κ3) is 4.63. The van der Waals surface area contributed by atoms with Gasteiger partial charge in [0.1, 0.15) is 0 Å². The number of hydrogen-bond acceptors (Lipinski definition) is 4. The number of carboxylic acid groups (broad SMARTS) is 1. The maximum atomic E-state index is 13.3. The number of H-pyrrole nitrogens is 1. The van der Waals surface area contributed by atoms with Crippen molar-refractivity contribution in [3.8, 4) is 0 Å². The first-order valence-corrected chi connectivity index (χ1v) is 12.0. The van der Waals surface area contributed by atoms with E-state index in [9.17, 15) is 14.7 Å². The summed E-state index contributed by atoms with van der Waals surface area (Å²) in [5, 5.41) is 9.92. The molecule has 1 aromatic heterocycles. The number of nitrogens with zero attached hydrogens (tertiary/aromatic N) is 2. The summed E-state index contributed by atoms with van der Waals surface area (Å²) in [5.74, 6) is -1.04.